The van der Waals surface area contributed by atoms with E-state index in [4.69, 9.17) is 0 Å². The van der Waals surface area contributed by atoms with E-state index in [0.717, 1.165) is 6.42 Å². The molecule has 0 radical (unpaired) electrons. The molecule has 1 unspecified atom stereocenters. The third kappa shape index (κ3) is 3.84. The second-order valence-corrected chi connectivity index (χ2v) is 13.4. The van der Waals surface area contributed by atoms with Crippen molar-refractivity contribution in [1.29, 1.82) is 0 Å². The van der Waals surface area contributed by atoms with Crippen LogP contribution in [0.25, 0.3) is 0 Å². The number of halogens is 2. The van der Waals surface area contributed by atoms with Gasteiger partial charge >= 0.3 is 135 Å². The zero-order valence-electron chi connectivity index (χ0n) is 13.2. The monoisotopic (exact) mass is 393 g/mol. The summed E-state index contributed by atoms with van der Waals surface area (Å²) in [6.45, 7) is 9.78. The summed E-state index contributed by atoms with van der Waals surface area (Å²) >= 11 is 4.50. The Morgan fingerprint density at radius 3 is 2.43 bits per heavy atom. The summed E-state index contributed by atoms with van der Waals surface area (Å²) in [5, 5.41) is 1.69. The van der Waals surface area contributed by atoms with E-state index in [0.29, 0.717) is 4.37 Å². The van der Waals surface area contributed by atoms with Gasteiger partial charge in [0.1, 0.15) is 0 Å². The Labute approximate surface area is 159 Å². The van der Waals surface area contributed by atoms with Crippen LogP contribution in [0.15, 0.2) is 45.0 Å². The largest absolute Gasteiger partial charge is 1.00 e. The molecule has 0 saturated heterocycles. The van der Waals surface area contributed by atoms with E-state index in [1.807, 2.05) is 0 Å². The predicted octanol–water partition coefficient (Wildman–Crippen LogP) is -1.06. The van der Waals surface area contributed by atoms with Gasteiger partial charge in [0.2, 0.25) is 0 Å². The van der Waals surface area contributed by atoms with Crippen molar-refractivity contribution in [3.05, 3.63) is 45.0 Å². The molecule has 2 rings (SSSR count). The molecule has 1 atom stereocenters. The topological polar surface area (TPSA) is 0 Å². The molecule has 0 N–H and O–H groups in total. The van der Waals surface area contributed by atoms with E-state index in [1.54, 1.807) is 14.6 Å². The SMILES string of the molecule is CCSC1([Si](C)(C)C2=[C]([Ti+2])CC=C2)CC=CC=C1C.[Cl-].[Cl-]. The van der Waals surface area contributed by atoms with Crippen LogP contribution in [0, 0.1) is 0 Å². The molecule has 0 spiro atoms. The minimum atomic E-state index is -1.53. The summed E-state index contributed by atoms with van der Waals surface area (Å²) in [6.07, 6.45) is 14.1. The van der Waals surface area contributed by atoms with Crippen molar-refractivity contribution in [2.24, 2.45) is 0 Å². The molecule has 0 aromatic carbocycles. The number of rotatable bonds is 4. The van der Waals surface area contributed by atoms with E-state index in [1.165, 1.54) is 12.2 Å². The van der Waals surface area contributed by atoms with Gasteiger partial charge in [-0.1, -0.05) is 0 Å². The van der Waals surface area contributed by atoms with Gasteiger partial charge in [-0.3, -0.25) is 0 Å². The van der Waals surface area contributed by atoms with E-state index in [-0.39, 0.29) is 24.8 Å². The molecule has 5 heteroatoms. The Morgan fingerprint density at radius 2 is 1.95 bits per heavy atom. The molecule has 0 fully saturated rings. The van der Waals surface area contributed by atoms with Crippen LogP contribution in [0.4, 0.5) is 0 Å². The molecule has 2 aliphatic carbocycles. The van der Waals surface area contributed by atoms with Crippen LogP contribution in [-0.2, 0) is 20.4 Å². The van der Waals surface area contributed by atoms with Crippen LogP contribution in [0.5, 0.6) is 0 Å². The zero-order chi connectivity index (χ0) is 14.1. The molecule has 0 bridgehead atoms. The fourth-order valence-electron chi connectivity index (χ4n) is 3.40. The Morgan fingerprint density at radius 1 is 1.29 bits per heavy atom. The number of thioether (sulfide) groups is 1. The van der Waals surface area contributed by atoms with Crippen molar-refractivity contribution >= 4 is 19.8 Å². The molecule has 0 aromatic heterocycles. The first-order chi connectivity index (χ1) is 8.95. The van der Waals surface area contributed by atoms with Crippen molar-refractivity contribution in [3.63, 3.8) is 0 Å². The third-order valence-electron chi connectivity index (χ3n) is 4.53. The average molecular weight is 394 g/mol. The maximum Gasteiger partial charge on any atom is -1.00 e. The Kier molecular flexibility index (Phi) is 8.95. The molecule has 0 saturated carbocycles. The predicted molar refractivity (Wildman–Crippen MR) is 86.6 cm³/mol. The number of allylic oxidation sites excluding steroid dienone is 7. The van der Waals surface area contributed by atoms with Gasteiger partial charge in [0, 0.05) is 0 Å². The Hall–Kier alpha value is 0.821. The summed E-state index contributed by atoms with van der Waals surface area (Å²) in [5.41, 5.74) is 1.58. The van der Waals surface area contributed by atoms with Crippen molar-refractivity contribution in [1.82, 2.24) is 0 Å². The first-order valence-electron chi connectivity index (χ1n) is 7.05. The van der Waals surface area contributed by atoms with Crippen LogP contribution in [0.2, 0.25) is 13.1 Å². The van der Waals surface area contributed by atoms with Gasteiger partial charge < -0.3 is 24.8 Å². The standard InChI is InChI=1S/C16H23SSi.2ClH.Ti/c1-5-17-16(13-9-8-10-14(16)2)18(3,4)15-11-6-7-12-15;;;/h6,8-11H,5,7,13H2,1-4H3;2*1H;/q;;;+2/p-2. The van der Waals surface area contributed by atoms with E-state index in [2.05, 4.69) is 89.5 Å². The summed E-state index contributed by atoms with van der Waals surface area (Å²) < 4.78 is 1.96. The van der Waals surface area contributed by atoms with Gasteiger partial charge in [-0.05, 0) is 0 Å². The third-order valence-corrected chi connectivity index (χ3v) is 13.3. The second-order valence-electron chi connectivity index (χ2n) is 5.87. The maximum atomic E-state index is 2.57. The van der Waals surface area contributed by atoms with Crippen molar-refractivity contribution in [2.75, 3.05) is 5.75 Å². The van der Waals surface area contributed by atoms with Gasteiger partial charge in [0.15, 0.2) is 0 Å². The van der Waals surface area contributed by atoms with Gasteiger partial charge in [-0.15, -0.1) is 0 Å². The van der Waals surface area contributed by atoms with Crippen LogP contribution in [0.3, 0.4) is 0 Å². The fraction of sp³-hybridized carbons (Fsp3) is 0.500. The summed E-state index contributed by atoms with van der Waals surface area (Å²) in [6, 6.07) is 0. The molecule has 0 aromatic rings. The van der Waals surface area contributed by atoms with Gasteiger partial charge in [-0.2, -0.15) is 0 Å². The quantitative estimate of drug-likeness (QED) is 0.548. The summed E-state index contributed by atoms with van der Waals surface area (Å²) in [7, 11) is -1.53. The van der Waals surface area contributed by atoms with E-state index < -0.39 is 8.07 Å². The molecule has 0 nitrogen and oxygen atoms in total. The molecular weight excluding hydrogens is 371 g/mol. The normalized spacial score (nSPS) is 24.6. The van der Waals surface area contributed by atoms with Crippen molar-refractivity contribution in [3.8, 4) is 0 Å². The number of hydrogen-bond acceptors (Lipinski definition) is 1. The van der Waals surface area contributed by atoms with Crippen molar-refractivity contribution in [2.45, 2.75) is 44.2 Å². The molecule has 2 aliphatic rings. The summed E-state index contributed by atoms with van der Waals surface area (Å²) in [5.74, 6) is 1.20. The first-order valence-corrected chi connectivity index (χ1v) is 11.8. The van der Waals surface area contributed by atoms with E-state index in [9.17, 15) is 0 Å². The molecule has 0 heterocycles. The molecule has 0 amide bonds. The Bertz CT molecular complexity index is 495. The average Bonchev–Trinajstić information content (AvgIpc) is 2.79. The van der Waals surface area contributed by atoms with E-state index >= 15 is 0 Å². The molecule has 0 aliphatic heterocycles. The molecule has 21 heavy (non-hydrogen) atoms. The second kappa shape index (κ2) is 8.61. The minimum Gasteiger partial charge on any atom is -1.00 e. The van der Waals surface area contributed by atoms with Crippen LogP contribution in [0.1, 0.15) is 26.7 Å². The van der Waals surface area contributed by atoms with Crippen LogP contribution < -0.4 is 24.8 Å². The molecule has 115 valence electrons. The van der Waals surface area contributed by atoms with Crippen LogP contribution in [-0.4, -0.2) is 18.2 Å². The Balaban J connectivity index is 0.00000200. The van der Waals surface area contributed by atoms with Gasteiger partial charge in [0.25, 0.3) is 0 Å². The maximum absolute atomic E-state index is 2.57. The summed E-state index contributed by atoms with van der Waals surface area (Å²) in [4.78, 5) is 0. The molecular formula is C16H23Cl2SSiTi. The van der Waals surface area contributed by atoms with Crippen molar-refractivity contribution < 1.29 is 45.2 Å². The van der Waals surface area contributed by atoms with Crippen LogP contribution >= 0.6 is 11.8 Å². The van der Waals surface area contributed by atoms with Gasteiger partial charge in [-0.25, -0.2) is 0 Å². The van der Waals surface area contributed by atoms with Gasteiger partial charge in [0.05, 0.1) is 0 Å². The number of hydrogen-bond donors (Lipinski definition) is 0. The minimum absolute atomic E-state index is 0. The first kappa shape index (κ1) is 21.8. The zero-order valence-corrected chi connectivity index (χ0v) is 18.1. The smallest absolute Gasteiger partial charge is 1.00 e. The fourth-order valence-corrected chi connectivity index (χ4v) is 11.9.